The van der Waals surface area contributed by atoms with Crippen molar-refractivity contribution in [2.24, 2.45) is 7.05 Å². The van der Waals surface area contributed by atoms with Crippen molar-refractivity contribution in [2.45, 2.75) is 18.9 Å². The molecule has 1 unspecified atom stereocenters. The minimum absolute atomic E-state index is 0.0475. The zero-order chi connectivity index (χ0) is 19.0. The molecule has 3 heterocycles. The van der Waals surface area contributed by atoms with Crippen LogP contribution in [-0.4, -0.2) is 39.1 Å². The van der Waals surface area contributed by atoms with E-state index in [1.165, 1.54) is 27.3 Å². The lowest BCUT2D eigenvalue weighted by Crippen LogP contribution is -2.40. The number of carbonyl (C=O) groups is 1. The highest BCUT2D eigenvalue weighted by Crippen LogP contribution is 2.18. The fourth-order valence-corrected chi connectivity index (χ4v) is 3.24. The van der Waals surface area contributed by atoms with E-state index >= 15 is 0 Å². The zero-order valence-electron chi connectivity index (χ0n) is 14.8. The standard InChI is InChI=1S/C19H19FN4O3/c1-23-16(12-4-6-13(20)7-5-12)10-24-9-15(22-17(24)19(23)26)18(25)21-14-3-2-8-27-11-14/h4-7,9-10,14H,2-3,8,11H2,1H3,(H,21,25). The molecule has 1 atom stereocenters. The van der Waals surface area contributed by atoms with Gasteiger partial charge in [-0.2, -0.15) is 0 Å². The average Bonchev–Trinajstić information content (AvgIpc) is 3.11. The highest BCUT2D eigenvalue weighted by atomic mass is 19.1. The Morgan fingerprint density at radius 1 is 1.30 bits per heavy atom. The van der Waals surface area contributed by atoms with Crippen LogP contribution in [0.1, 0.15) is 23.3 Å². The summed E-state index contributed by atoms with van der Waals surface area (Å²) >= 11 is 0. The van der Waals surface area contributed by atoms with Gasteiger partial charge in [0.1, 0.15) is 11.5 Å². The van der Waals surface area contributed by atoms with E-state index in [-0.39, 0.29) is 34.7 Å². The Labute approximate surface area is 154 Å². The van der Waals surface area contributed by atoms with Crippen molar-refractivity contribution in [3.63, 3.8) is 0 Å². The molecule has 1 fully saturated rings. The molecule has 2 aromatic heterocycles. The Kier molecular flexibility index (Phi) is 4.49. The number of hydrogen-bond donors (Lipinski definition) is 1. The molecule has 3 aromatic rings. The molecule has 8 heteroatoms. The van der Waals surface area contributed by atoms with Crippen LogP contribution in [0.25, 0.3) is 16.9 Å². The molecule has 7 nitrogen and oxygen atoms in total. The van der Waals surface area contributed by atoms with Gasteiger partial charge in [0.2, 0.25) is 5.65 Å². The van der Waals surface area contributed by atoms with Gasteiger partial charge in [-0.1, -0.05) is 0 Å². The number of ether oxygens (including phenoxy) is 1. The first-order valence-electron chi connectivity index (χ1n) is 8.76. The molecule has 0 radical (unpaired) electrons. The molecule has 0 spiro atoms. The number of nitrogens with one attached hydrogen (secondary N) is 1. The van der Waals surface area contributed by atoms with Crippen LogP contribution in [0, 0.1) is 5.82 Å². The van der Waals surface area contributed by atoms with Gasteiger partial charge in [-0.05, 0) is 42.7 Å². The van der Waals surface area contributed by atoms with Gasteiger partial charge in [-0.15, -0.1) is 0 Å². The van der Waals surface area contributed by atoms with E-state index in [0.29, 0.717) is 24.5 Å². The van der Waals surface area contributed by atoms with Crippen molar-refractivity contribution < 1.29 is 13.9 Å². The van der Waals surface area contributed by atoms with Gasteiger partial charge in [-0.25, -0.2) is 9.37 Å². The second-order valence-corrected chi connectivity index (χ2v) is 6.63. The Balaban J connectivity index is 1.69. The number of benzene rings is 1. The molecule has 0 aliphatic carbocycles. The predicted molar refractivity (Wildman–Crippen MR) is 97.1 cm³/mol. The van der Waals surface area contributed by atoms with Crippen LogP contribution in [-0.2, 0) is 11.8 Å². The Hall–Kier alpha value is -3.00. The number of imidazole rings is 1. The maximum atomic E-state index is 13.2. The van der Waals surface area contributed by atoms with Crippen molar-refractivity contribution in [1.82, 2.24) is 19.3 Å². The van der Waals surface area contributed by atoms with Crippen LogP contribution >= 0.6 is 0 Å². The smallest absolute Gasteiger partial charge is 0.294 e. The summed E-state index contributed by atoms with van der Waals surface area (Å²) in [6.45, 7) is 1.19. The number of amides is 1. The molecule has 4 rings (SSSR count). The highest BCUT2D eigenvalue weighted by molar-refractivity contribution is 5.93. The van der Waals surface area contributed by atoms with Crippen LogP contribution < -0.4 is 10.9 Å². The molecule has 1 amide bonds. The maximum absolute atomic E-state index is 13.2. The van der Waals surface area contributed by atoms with Gasteiger partial charge in [0.25, 0.3) is 11.5 Å². The van der Waals surface area contributed by atoms with Gasteiger partial charge in [-0.3, -0.25) is 14.0 Å². The first-order chi connectivity index (χ1) is 13.0. The molecule has 1 aromatic carbocycles. The van der Waals surface area contributed by atoms with Gasteiger partial charge in [0, 0.05) is 26.0 Å². The monoisotopic (exact) mass is 370 g/mol. The fraction of sp³-hybridized carbons (Fsp3) is 0.316. The SMILES string of the molecule is Cn1c(-c2ccc(F)cc2)cn2cc(C(=O)NC3CCCOC3)nc2c1=O. The molecular formula is C19H19FN4O3. The van der Waals surface area contributed by atoms with E-state index in [0.717, 1.165) is 12.8 Å². The van der Waals surface area contributed by atoms with E-state index in [1.54, 1.807) is 25.4 Å². The lowest BCUT2D eigenvalue weighted by molar-refractivity contribution is 0.0622. The first-order valence-corrected chi connectivity index (χ1v) is 8.76. The number of rotatable bonds is 3. The summed E-state index contributed by atoms with van der Waals surface area (Å²) in [5.41, 5.74) is 1.29. The summed E-state index contributed by atoms with van der Waals surface area (Å²) in [7, 11) is 1.62. The van der Waals surface area contributed by atoms with Crippen molar-refractivity contribution in [1.29, 1.82) is 0 Å². The van der Waals surface area contributed by atoms with Gasteiger partial charge < -0.3 is 14.6 Å². The molecule has 1 saturated heterocycles. The third kappa shape index (κ3) is 3.35. The maximum Gasteiger partial charge on any atom is 0.294 e. The van der Waals surface area contributed by atoms with Crippen LogP contribution in [0.5, 0.6) is 0 Å². The van der Waals surface area contributed by atoms with Crippen LogP contribution in [0.3, 0.4) is 0 Å². The molecule has 27 heavy (non-hydrogen) atoms. The van der Waals surface area contributed by atoms with E-state index in [9.17, 15) is 14.0 Å². The normalized spacial score (nSPS) is 17.2. The van der Waals surface area contributed by atoms with Crippen molar-refractivity contribution in [2.75, 3.05) is 13.2 Å². The number of hydrogen-bond acceptors (Lipinski definition) is 4. The first kappa shape index (κ1) is 17.4. The summed E-state index contributed by atoms with van der Waals surface area (Å²) in [5.74, 6) is -0.683. The van der Waals surface area contributed by atoms with E-state index in [4.69, 9.17) is 4.74 Å². The number of carbonyl (C=O) groups excluding carboxylic acids is 1. The number of nitrogens with zero attached hydrogens (tertiary/aromatic N) is 3. The van der Waals surface area contributed by atoms with Crippen molar-refractivity contribution in [3.8, 4) is 11.3 Å². The summed E-state index contributed by atoms with van der Waals surface area (Å²) < 4.78 is 21.5. The van der Waals surface area contributed by atoms with Crippen molar-refractivity contribution >= 4 is 11.6 Å². The summed E-state index contributed by atoms with van der Waals surface area (Å²) in [4.78, 5) is 29.4. The lowest BCUT2D eigenvalue weighted by atomic mass is 10.1. The van der Waals surface area contributed by atoms with Crippen molar-refractivity contribution in [3.05, 3.63) is 58.5 Å². The molecule has 1 N–H and O–H groups in total. The molecule has 140 valence electrons. The number of aromatic nitrogens is 3. The third-order valence-corrected chi connectivity index (χ3v) is 4.72. The van der Waals surface area contributed by atoms with Gasteiger partial charge in [0.05, 0.1) is 18.3 Å². The molecule has 0 bridgehead atoms. The zero-order valence-corrected chi connectivity index (χ0v) is 14.8. The van der Waals surface area contributed by atoms with E-state index < -0.39 is 0 Å². The Morgan fingerprint density at radius 3 is 2.78 bits per heavy atom. The third-order valence-electron chi connectivity index (χ3n) is 4.72. The summed E-state index contributed by atoms with van der Waals surface area (Å²) in [6.07, 6.45) is 4.99. The predicted octanol–water partition coefficient (Wildman–Crippen LogP) is 1.75. The topological polar surface area (TPSA) is 77.6 Å². The quantitative estimate of drug-likeness (QED) is 0.762. The number of fused-ring (bicyclic) bond motifs is 1. The average molecular weight is 370 g/mol. The van der Waals surface area contributed by atoms with Gasteiger partial charge >= 0.3 is 0 Å². The molecule has 1 aliphatic heterocycles. The van der Waals surface area contributed by atoms with Crippen LogP contribution in [0.2, 0.25) is 0 Å². The highest BCUT2D eigenvalue weighted by Gasteiger charge is 2.20. The summed E-state index contributed by atoms with van der Waals surface area (Å²) in [6, 6.07) is 5.83. The Bertz CT molecular complexity index is 1050. The molecule has 0 saturated carbocycles. The van der Waals surface area contributed by atoms with Crippen LogP contribution in [0.15, 0.2) is 41.5 Å². The Morgan fingerprint density at radius 2 is 2.07 bits per heavy atom. The second-order valence-electron chi connectivity index (χ2n) is 6.63. The summed E-state index contributed by atoms with van der Waals surface area (Å²) in [5, 5.41) is 2.89. The van der Waals surface area contributed by atoms with Gasteiger partial charge in [0.15, 0.2) is 0 Å². The molecule has 1 aliphatic rings. The largest absolute Gasteiger partial charge is 0.379 e. The van der Waals surface area contributed by atoms with Crippen LogP contribution in [0.4, 0.5) is 4.39 Å². The molecular weight excluding hydrogens is 351 g/mol. The van der Waals surface area contributed by atoms with E-state index in [2.05, 4.69) is 10.3 Å². The minimum Gasteiger partial charge on any atom is -0.379 e. The number of halogens is 1. The van der Waals surface area contributed by atoms with E-state index in [1.807, 2.05) is 0 Å². The second kappa shape index (κ2) is 6.96. The fourth-order valence-electron chi connectivity index (χ4n) is 3.24. The lowest BCUT2D eigenvalue weighted by Gasteiger charge is -2.22. The minimum atomic E-state index is -0.349.